The second kappa shape index (κ2) is 34.0. The number of ether oxygens (including phenoxy) is 2. The fourth-order valence-corrected chi connectivity index (χ4v) is 10.0. The van der Waals surface area contributed by atoms with E-state index in [1.54, 1.807) is 66.7 Å². The standard InChI is InChI=1S/C61H87ClN4O17S/c1-36(2)31-51-59(77)82-50(14-11-15-52(70)64-47(34-43-17-16-38(5)46(62)33-43)58(76)63-35-61(9,10)60(78)83-51)41(8)57(75)40(7)44-21-18-42(19-22-44)20-24-48(68)39(6)32-49(69)56(37(3)4)65-53(71)26-28-66(29-27-55(73)74)54(72)25-23-45(67)13-12-30-84(79,80)81/h11,15-19,21-22,33,36-37,39-41,47,50-51,56-57,75H,12-14,20,23-32,34-35H2,1-10H3,(H,63,76)(H,64,70)(H,65,71)(H,73,74)(H,79,80,81)/b15-11+/t39-,40-,41+,47-,50+,51+,56+,57+/m1/s1. The van der Waals surface area contributed by atoms with Crippen LogP contribution in [0.25, 0.3) is 0 Å². The topological polar surface area (TPSA) is 323 Å². The molecule has 2 aromatic carbocycles. The fraction of sp³-hybridized carbons (Fsp3) is 0.607. The summed E-state index contributed by atoms with van der Waals surface area (Å²) < 4.78 is 42.7. The maximum atomic E-state index is 14.0. The van der Waals surface area contributed by atoms with E-state index < -0.39 is 123 Å². The van der Waals surface area contributed by atoms with Crippen LogP contribution in [0.3, 0.4) is 0 Å². The largest absolute Gasteiger partial charge is 0.481 e. The van der Waals surface area contributed by atoms with Crippen molar-refractivity contribution in [3.63, 3.8) is 0 Å². The molecule has 0 saturated carbocycles. The molecule has 4 amide bonds. The summed E-state index contributed by atoms with van der Waals surface area (Å²) in [7, 11) is -4.26. The number of nitrogens with zero attached hydrogens (tertiary/aromatic N) is 1. The Hall–Kier alpha value is -6.36. The van der Waals surface area contributed by atoms with E-state index in [0.717, 1.165) is 21.6 Å². The Morgan fingerprint density at radius 2 is 1.49 bits per heavy atom. The number of hydrogen-bond donors (Lipinski definition) is 6. The number of hydrogen-bond acceptors (Lipinski definition) is 15. The van der Waals surface area contributed by atoms with Gasteiger partial charge in [0.1, 0.15) is 23.7 Å². The van der Waals surface area contributed by atoms with E-state index in [-0.39, 0.29) is 107 Å². The zero-order chi connectivity index (χ0) is 63.2. The molecule has 0 fully saturated rings. The molecule has 0 radical (unpaired) electrons. The summed E-state index contributed by atoms with van der Waals surface area (Å²) in [4.78, 5) is 133. The number of benzene rings is 2. The zero-order valence-corrected chi connectivity index (χ0v) is 51.6. The van der Waals surface area contributed by atoms with Gasteiger partial charge >= 0.3 is 17.9 Å². The average molecular weight is 1220 g/mol. The van der Waals surface area contributed by atoms with Crippen molar-refractivity contribution in [1.29, 1.82) is 0 Å². The first-order valence-corrected chi connectivity index (χ1v) is 30.7. The Labute approximate surface area is 498 Å². The molecule has 23 heteroatoms. The van der Waals surface area contributed by atoms with E-state index in [1.165, 1.54) is 12.2 Å². The van der Waals surface area contributed by atoms with Gasteiger partial charge in [-0.05, 0) is 86.3 Å². The number of cyclic esters (lactones) is 2. The number of halogens is 1. The minimum absolute atomic E-state index is 0.0331. The van der Waals surface area contributed by atoms with E-state index >= 15 is 0 Å². The number of nitrogens with one attached hydrogen (secondary N) is 3. The third-order valence-corrected chi connectivity index (χ3v) is 16.1. The maximum absolute atomic E-state index is 14.0. The molecule has 3 rings (SSSR count). The third kappa shape index (κ3) is 25.1. The van der Waals surface area contributed by atoms with Crippen molar-refractivity contribution in [3.8, 4) is 0 Å². The highest BCUT2D eigenvalue weighted by atomic mass is 35.5. The smallest absolute Gasteiger partial charge is 0.347 e. The van der Waals surface area contributed by atoms with Gasteiger partial charge in [0.25, 0.3) is 10.1 Å². The lowest BCUT2D eigenvalue weighted by atomic mass is 9.83. The molecule has 1 aliphatic heterocycles. The van der Waals surface area contributed by atoms with E-state index in [2.05, 4.69) is 16.0 Å². The number of aliphatic hydroxyl groups excluding tert-OH is 1. The van der Waals surface area contributed by atoms with Crippen LogP contribution >= 0.6 is 11.6 Å². The van der Waals surface area contributed by atoms with Crippen LogP contribution in [0.2, 0.25) is 5.02 Å². The van der Waals surface area contributed by atoms with Gasteiger partial charge in [0.15, 0.2) is 11.9 Å². The molecule has 1 heterocycles. The van der Waals surface area contributed by atoms with Gasteiger partial charge in [-0.3, -0.25) is 47.7 Å². The molecule has 0 aliphatic carbocycles. The lowest BCUT2D eigenvalue weighted by Gasteiger charge is -2.33. The number of esters is 2. The molecule has 0 unspecified atom stereocenters. The lowest BCUT2D eigenvalue weighted by Crippen LogP contribution is -2.51. The summed E-state index contributed by atoms with van der Waals surface area (Å²) in [5.41, 5.74) is 1.75. The number of Topliss-reactive ketones (excluding diaryl/α,β-unsaturated/α-hetero) is 3. The predicted octanol–water partition coefficient (Wildman–Crippen LogP) is 6.40. The number of aliphatic carboxylic acids is 1. The summed E-state index contributed by atoms with van der Waals surface area (Å²) in [6, 6.07) is 10.6. The van der Waals surface area contributed by atoms with Crippen LogP contribution in [-0.2, 0) is 80.4 Å². The monoisotopic (exact) mass is 1210 g/mol. The van der Waals surface area contributed by atoms with Gasteiger partial charge in [0.2, 0.25) is 23.6 Å². The van der Waals surface area contributed by atoms with Crippen molar-refractivity contribution in [2.24, 2.45) is 29.1 Å². The Bertz CT molecular complexity index is 2780. The molecule has 84 heavy (non-hydrogen) atoms. The molecule has 6 N–H and O–H groups in total. The Kier molecular flexibility index (Phi) is 29.1. The van der Waals surface area contributed by atoms with Crippen molar-refractivity contribution in [2.45, 2.75) is 183 Å². The highest BCUT2D eigenvalue weighted by molar-refractivity contribution is 7.85. The molecule has 8 atom stereocenters. The van der Waals surface area contributed by atoms with Crippen LogP contribution in [0.15, 0.2) is 54.6 Å². The number of amides is 4. The average Bonchev–Trinajstić information content (AvgIpc) is 3.00. The van der Waals surface area contributed by atoms with Gasteiger partial charge in [-0.25, -0.2) is 4.79 Å². The summed E-state index contributed by atoms with van der Waals surface area (Å²) >= 11 is 6.38. The van der Waals surface area contributed by atoms with Gasteiger partial charge in [-0.1, -0.05) is 103 Å². The van der Waals surface area contributed by atoms with Crippen molar-refractivity contribution < 1.29 is 80.6 Å². The zero-order valence-electron chi connectivity index (χ0n) is 50.1. The van der Waals surface area contributed by atoms with E-state index in [4.69, 9.17) is 25.6 Å². The SMILES string of the molecule is Cc1ccc(C[C@H]2NC(=O)/C=C/C[C@@H]([C@H](C)[C@@H](O)[C@H](C)c3ccc(CCC(=O)[C@H](C)CC(=O)[C@@H](NC(=O)CCN(CCC(=O)O)C(=O)CCC(=O)CCCS(=O)(=O)O)C(C)C)cc3)OC(=O)[C@H](CC(C)C)OC(=O)C(C)(C)CNC2=O)cc1Cl. The van der Waals surface area contributed by atoms with Crippen LogP contribution in [0.4, 0.5) is 0 Å². The summed E-state index contributed by atoms with van der Waals surface area (Å²) in [5, 5.41) is 29.8. The van der Waals surface area contributed by atoms with Gasteiger partial charge in [0, 0.05) is 93.8 Å². The molecular weight excluding hydrogens is 1130 g/mol. The molecule has 1 aliphatic rings. The number of carboxylic acids is 1. The van der Waals surface area contributed by atoms with Crippen LogP contribution in [0.1, 0.15) is 155 Å². The normalized spacial score (nSPS) is 19.3. The first kappa shape index (κ1) is 71.9. The van der Waals surface area contributed by atoms with Crippen molar-refractivity contribution in [2.75, 3.05) is 25.4 Å². The van der Waals surface area contributed by atoms with Gasteiger partial charge in [-0.15, -0.1) is 0 Å². The molecule has 466 valence electrons. The van der Waals surface area contributed by atoms with Gasteiger partial charge in [-0.2, -0.15) is 8.42 Å². The second-order valence-corrected chi connectivity index (χ2v) is 25.5. The number of carboxylic acid groups (broad SMARTS) is 1. The van der Waals surface area contributed by atoms with E-state index in [0.29, 0.717) is 17.0 Å². The van der Waals surface area contributed by atoms with Gasteiger partial charge in [0.05, 0.1) is 29.7 Å². The Balaban J connectivity index is 1.68. The molecule has 2 aromatic rings. The predicted molar refractivity (Wildman–Crippen MR) is 314 cm³/mol. The van der Waals surface area contributed by atoms with Crippen LogP contribution in [0.5, 0.6) is 0 Å². The fourth-order valence-electron chi connectivity index (χ4n) is 9.34. The van der Waals surface area contributed by atoms with E-state index in [9.17, 15) is 66.6 Å². The van der Waals surface area contributed by atoms with Crippen molar-refractivity contribution in [1.82, 2.24) is 20.9 Å². The van der Waals surface area contributed by atoms with Gasteiger partial charge < -0.3 is 40.5 Å². The third-order valence-electron chi connectivity index (χ3n) is 14.9. The summed E-state index contributed by atoms with van der Waals surface area (Å²) in [6.07, 6.45) is -1.90. The second-order valence-electron chi connectivity index (χ2n) is 23.5. The highest BCUT2D eigenvalue weighted by Gasteiger charge is 2.39. The molecule has 0 bridgehead atoms. The Morgan fingerprint density at radius 3 is 2.10 bits per heavy atom. The number of ketones is 3. The number of aliphatic hydroxyl groups is 1. The van der Waals surface area contributed by atoms with Crippen LogP contribution < -0.4 is 16.0 Å². The number of rotatable bonds is 30. The van der Waals surface area contributed by atoms with Crippen LogP contribution in [-0.4, -0.2) is 143 Å². The minimum Gasteiger partial charge on any atom is -0.481 e. The Morgan fingerprint density at radius 1 is 0.845 bits per heavy atom. The molecule has 0 aromatic heterocycles. The first-order chi connectivity index (χ1) is 39.2. The molecule has 21 nitrogen and oxygen atoms in total. The minimum atomic E-state index is -4.26. The van der Waals surface area contributed by atoms with Crippen LogP contribution in [0, 0.1) is 36.0 Å². The maximum Gasteiger partial charge on any atom is 0.347 e. The van der Waals surface area contributed by atoms with Crippen molar-refractivity contribution >= 4 is 80.6 Å². The number of aryl methyl sites for hydroxylation is 2. The summed E-state index contributed by atoms with van der Waals surface area (Å²) in [6.45, 7) is 16.6. The molecule has 0 saturated heterocycles. The quantitative estimate of drug-likeness (QED) is 0.0364. The first-order valence-electron chi connectivity index (χ1n) is 28.7. The number of carbonyl (C=O) groups is 10. The molecule has 0 spiro atoms. The van der Waals surface area contributed by atoms with E-state index in [1.807, 2.05) is 45.0 Å². The van der Waals surface area contributed by atoms with Crippen molar-refractivity contribution in [3.05, 3.63) is 81.9 Å². The summed E-state index contributed by atoms with van der Waals surface area (Å²) in [5.74, 6) is -9.20. The molecular formula is C61H87ClN4O17S. The highest BCUT2D eigenvalue weighted by Crippen LogP contribution is 2.30. The lowest BCUT2D eigenvalue weighted by molar-refractivity contribution is -0.180. The number of carbonyl (C=O) groups excluding carboxylic acids is 9.